The highest BCUT2D eigenvalue weighted by atomic mass is 35.5. The van der Waals surface area contributed by atoms with Crippen LogP contribution in [0.3, 0.4) is 0 Å². The topological polar surface area (TPSA) is 51.0 Å². The first-order valence-corrected chi connectivity index (χ1v) is 5.80. The number of hydrogen-bond donors (Lipinski definition) is 1. The van der Waals surface area contributed by atoms with E-state index >= 15 is 0 Å². The number of rotatable bonds is 6. The van der Waals surface area contributed by atoms with E-state index in [-0.39, 0.29) is 0 Å². The van der Waals surface area contributed by atoms with Crippen molar-refractivity contribution in [2.75, 3.05) is 11.2 Å². The van der Waals surface area contributed by atoms with E-state index in [4.69, 9.17) is 16.0 Å². The number of alkyl halides is 1. The summed E-state index contributed by atoms with van der Waals surface area (Å²) in [7, 11) is 0. The normalized spacial score (nSPS) is 13.1. The van der Waals surface area contributed by atoms with Gasteiger partial charge in [0.05, 0.1) is 0 Å². The van der Waals surface area contributed by atoms with Gasteiger partial charge in [-0.25, -0.2) is 0 Å². The van der Waals surface area contributed by atoms with E-state index in [0.717, 1.165) is 6.42 Å². The molecule has 15 heavy (non-hydrogen) atoms. The average molecular weight is 232 g/mol. The molecule has 1 atom stereocenters. The molecule has 1 N–H and O–H groups in total. The predicted octanol–water partition coefficient (Wildman–Crippen LogP) is 2.70. The fourth-order valence-corrected chi connectivity index (χ4v) is 1.63. The zero-order valence-electron chi connectivity index (χ0n) is 9.46. The molecule has 0 aromatic carbocycles. The van der Waals surface area contributed by atoms with Crippen LogP contribution in [0.4, 0.5) is 6.01 Å². The summed E-state index contributed by atoms with van der Waals surface area (Å²) >= 11 is 5.57. The zero-order chi connectivity index (χ0) is 11.3. The van der Waals surface area contributed by atoms with Crippen molar-refractivity contribution in [3.63, 3.8) is 0 Å². The maximum Gasteiger partial charge on any atom is 0.315 e. The fraction of sp³-hybridized carbons (Fsp3) is 0.800. The Hall–Kier alpha value is -0.770. The Morgan fingerprint density at radius 3 is 2.67 bits per heavy atom. The van der Waals surface area contributed by atoms with Gasteiger partial charge in [0.2, 0.25) is 5.89 Å². The van der Waals surface area contributed by atoms with Gasteiger partial charge in [-0.3, -0.25) is 0 Å². The Morgan fingerprint density at radius 1 is 1.33 bits per heavy atom. The third-order valence-electron chi connectivity index (χ3n) is 1.97. The first-order valence-electron chi connectivity index (χ1n) is 5.26. The molecule has 0 aliphatic heterocycles. The number of aromatic nitrogens is 2. The van der Waals surface area contributed by atoms with Crippen molar-refractivity contribution in [2.24, 2.45) is 5.92 Å². The Bertz CT molecular complexity index is 288. The quantitative estimate of drug-likeness (QED) is 0.765. The van der Waals surface area contributed by atoms with Crippen LogP contribution < -0.4 is 5.32 Å². The van der Waals surface area contributed by atoms with Crippen LogP contribution in [-0.4, -0.2) is 22.1 Å². The van der Waals surface area contributed by atoms with Crippen molar-refractivity contribution in [3.05, 3.63) is 5.89 Å². The molecule has 1 aromatic rings. The minimum absolute atomic E-state index is 0.342. The first kappa shape index (κ1) is 12.3. The Morgan fingerprint density at radius 2 is 2.07 bits per heavy atom. The summed E-state index contributed by atoms with van der Waals surface area (Å²) in [6.45, 7) is 6.47. The molecule has 5 heteroatoms. The van der Waals surface area contributed by atoms with Crippen molar-refractivity contribution < 1.29 is 4.42 Å². The van der Waals surface area contributed by atoms with E-state index in [1.807, 2.05) is 0 Å². The molecule has 0 fully saturated rings. The van der Waals surface area contributed by atoms with Crippen LogP contribution in [0.25, 0.3) is 0 Å². The second kappa shape index (κ2) is 5.95. The minimum Gasteiger partial charge on any atom is -0.408 e. The van der Waals surface area contributed by atoms with Gasteiger partial charge >= 0.3 is 6.01 Å². The maximum absolute atomic E-state index is 5.57. The number of nitrogens with zero attached hydrogens (tertiary/aromatic N) is 2. The molecule has 0 bridgehead atoms. The number of halogens is 1. The highest BCUT2D eigenvalue weighted by Crippen LogP contribution is 2.12. The van der Waals surface area contributed by atoms with Gasteiger partial charge in [-0.1, -0.05) is 18.9 Å². The average Bonchev–Trinajstić information content (AvgIpc) is 2.51. The molecule has 0 spiro atoms. The standard InChI is InChI=1S/C10H18ClN3O/c1-7(2)6-8(3)12-10-14-13-9(15-10)4-5-11/h7-8H,4-6H2,1-3H3,(H,12,14). The van der Waals surface area contributed by atoms with Crippen molar-refractivity contribution in [2.45, 2.75) is 39.7 Å². The lowest BCUT2D eigenvalue weighted by Crippen LogP contribution is -2.17. The van der Waals surface area contributed by atoms with Crippen molar-refractivity contribution >= 4 is 17.6 Å². The third kappa shape index (κ3) is 4.51. The van der Waals surface area contributed by atoms with Gasteiger partial charge in [0.15, 0.2) is 0 Å². The largest absolute Gasteiger partial charge is 0.408 e. The summed E-state index contributed by atoms with van der Waals surface area (Å²) in [5.74, 6) is 1.74. The SMILES string of the molecule is CC(C)CC(C)Nc1nnc(CCCl)o1. The van der Waals surface area contributed by atoms with Crippen LogP contribution in [0.2, 0.25) is 0 Å². The summed E-state index contributed by atoms with van der Waals surface area (Å²) in [5.41, 5.74) is 0. The smallest absolute Gasteiger partial charge is 0.315 e. The number of hydrogen-bond acceptors (Lipinski definition) is 4. The molecule has 0 aliphatic rings. The van der Waals surface area contributed by atoms with Gasteiger partial charge in [-0.15, -0.1) is 16.7 Å². The van der Waals surface area contributed by atoms with Crippen LogP contribution in [0.5, 0.6) is 0 Å². The zero-order valence-corrected chi connectivity index (χ0v) is 10.2. The number of aryl methyl sites for hydroxylation is 1. The van der Waals surface area contributed by atoms with Crippen molar-refractivity contribution in [3.8, 4) is 0 Å². The van der Waals surface area contributed by atoms with Gasteiger partial charge < -0.3 is 9.73 Å². The summed E-state index contributed by atoms with van der Waals surface area (Å²) in [6.07, 6.45) is 1.70. The number of nitrogens with one attached hydrogen (secondary N) is 1. The molecule has 0 amide bonds. The van der Waals surface area contributed by atoms with Crippen LogP contribution >= 0.6 is 11.6 Å². The molecule has 1 rings (SSSR count). The lowest BCUT2D eigenvalue weighted by Gasteiger charge is -2.13. The van der Waals surface area contributed by atoms with E-state index < -0.39 is 0 Å². The Balaban J connectivity index is 2.42. The fourth-order valence-electron chi connectivity index (χ4n) is 1.47. The molecule has 86 valence electrons. The molecule has 0 saturated heterocycles. The van der Waals surface area contributed by atoms with Crippen LogP contribution in [-0.2, 0) is 6.42 Å². The number of anilines is 1. The van der Waals surface area contributed by atoms with E-state index in [9.17, 15) is 0 Å². The third-order valence-corrected chi connectivity index (χ3v) is 2.16. The van der Waals surface area contributed by atoms with E-state index in [1.165, 1.54) is 0 Å². The summed E-state index contributed by atoms with van der Waals surface area (Å²) < 4.78 is 5.36. The molecule has 1 unspecified atom stereocenters. The van der Waals surface area contributed by atoms with Crippen LogP contribution in [0.15, 0.2) is 4.42 Å². The van der Waals surface area contributed by atoms with Gasteiger partial charge in [-0.2, -0.15) is 0 Å². The lowest BCUT2D eigenvalue weighted by atomic mass is 10.1. The lowest BCUT2D eigenvalue weighted by molar-refractivity contribution is 0.488. The summed E-state index contributed by atoms with van der Waals surface area (Å²) in [5, 5.41) is 10.9. The molecular weight excluding hydrogens is 214 g/mol. The van der Waals surface area contributed by atoms with E-state index in [1.54, 1.807) is 0 Å². The maximum atomic E-state index is 5.57. The molecule has 0 radical (unpaired) electrons. The van der Waals surface area contributed by atoms with Crippen molar-refractivity contribution in [1.82, 2.24) is 10.2 Å². The molecule has 1 aromatic heterocycles. The van der Waals surface area contributed by atoms with Gasteiger partial charge in [0.25, 0.3) is 0 Å². The second-order valence-corrected chi connectivity index (χ2v) is 4.49. The summed E-state index contributed by atoms with van der Waals surface area (Å²) in [6, 6.07) is 0.831. The monoisotopic (exact) mass is 231 g/mol. The molecule has 1 heterocycles. The predicted molar refractivity (Wildman–Crippen MR) is 61.3 cm³/mol. The first-order chi connectivity index (χ1) is 7.11. The van der Waals surface area contributed by atoms with E-state index in [0.29, 0.717) is 36.2 Å². The van der Waals surface area contributed by atoms with Crippen LogP contribution in [0, 0.1) is 5.92 Å². The van der Waals surface area contributed by atoms with Gasteiger partial charge in [-0.05, 0) is 19.3 Å². The van der Waals surface area contributed by atoms with Gasteiger partial charge in [0.1, 0.15) is 0 Å². The second-order valence-electron chi connectivity index (χ2n) is 4.11. The molecular formula is C10H18ClN3O. The van der Waals surface area contributed by atoms with Crippen LogP contribution in [0.1, 0.15) is 33.1 Å². The molecule has 4 nitrogen and oxygen atoms in total. The Labute approximate surface area is 95.4 Å². The minimum atomic E-state index is 0.342. The highest BCUT2D eigenvalue weighted by molar-refractivity contribution is 6.17. The van der Waals surface area contributed by atoms with Gasteiger partial charge in [0, 0.05) is 18.3 Å². The molecule has 0 aliphatic carbocycles. The molecule has 0 saturated carbocycles. The summed E-state index contributed by atoms with van der Waals surface area (Å²) in [4.78, 5) is 0. The van der Waals surface area contributed by atoms with E-state index in [2.05, 4.69) is 36.3 Å². The highest BCUT2D eigenvalue weighted by Gasteiger charge is 2.09. The Kier molecular flexibility index (Phi) is 4.88. The van der Waals surface area contributed by atoms with Crippen molar-refractivity contribution in [1.29, 1.82) is 0 Å².